The maximum atomic E-state index is 13.0. The topological polar surface area (TPSA) is 91.5 Å². The number of benzene rings is 1. The molecule has 0 spiro atoms. The summed E-state index contributed by atoms with van der Waals surface area (Å²) < 4.78 is 5.07. The molecular weight excluding hydrogens is 394 g/mol. The molecule has 0 saturated carbocycles. The van der Waals surface area contributed by atoms with Gasteiger partial charge in [-0.05, 0) is 64.6 Å². The van der Waals surface area contributed by atoms with Crippen molar-refractivity contribution < 1.29 is 19.1 Å². The van der Waals surface area contributed by atoms with E-state index in [1.807, 2.05) is 0 Å². The fourth-order valence-electron chi connectivity index (χ4n) is 3.01. The van der Waals surface area contributed by atoms with Gasteiger partial charge in [-0.2, -0.15) is 0 Å². The first kappa shape index (κ1) is 22.6. The number of carbonyl (C=O) groups excluding carboxylic acids is 3. The molecular formula is C21H26ClN3O4. The van der Waals surface area contributed by atoms with E-state index in [0.29, 0.717) is 33.2 Å². The summed E-state index contributed by atoms with van der Waals surface area (Å²) in [6.45, 7) is 7.17. The minimum Gasteiger partial charge on any atom is -0.462 e. The van der Waals surface area contributed by atoms with Crippen molar-refractivity contribution in [3.8, 4) is 0 Å². The molecule has 8 heteroatoms. The van der Waals surface area contributed by atoms with Gasteiger partial charge in [0.1, 0.15) is 0 Å². The monoisotopic (exact) mass is 419 g/mol. The van der Waals surface area contributed by atoms with Crippen LogP contribution in [-0.2, 0) is 9.53 Å². The molecule has 1 amide bonds. The number of ketones is 1. The van der Waals surface area contributed by atoms with Crippen LogP contribution < -0.4 is 5.32 Å². The average molecular weight is 420 g/mol. The van der Waals surface area contributed by atoms with Gasteiger partial charge < -0.3 is 15.0 Å². The Balaban J connectivity index is 2.07. The second kappa shape index (κ2) is 9.71. The van der Waals surface area contributed by atoms with Gasteiger partial charge in [-0.15, -0.1) is 0 Å². The van der Waals surface area contributed by atoms with Crippen molar-refractivity contribution in [1.82, 2.24) is 9.88 Å². The molecule has 0 radical (unpaired) electrons. The van der Waals surface area contributed by atoms with Gasteiger partial charge in [-0.3, -0.25) is 14.5 Å². The molecule has 1 aromatic heterocycles. The predicted molar refractivity (Wildman–Crippen MR) is 113 cm³/mol. The van der Waals surface area contributed by atoms with E-state index < -0.39 is 12.0 Å². The first-order valence-electron chi connectivity index (χ1n) is 9.31. The van der Waals surface area contributed by atoms with Crippen molar-refractivity contribution in [3.05, 3.63) is 51.8 Å². The number of hydrogen-bond donors (Lipinski definition) is 2. The molecule has 2 rings (SSSR count). The van der Waals surface area contributed by atoms with Crippen LogP contribution in [0.1, 0.15) is 46.0 Å². The average Bonchev–Trinajstić information content (AvgIpc) is 2.96. The molecule has 0 bridgehead atoms. The third-order valence-corrected chi connectivity index (χ3v) is 4.98. The Bertz CT molecular complexity index is 905. The lowest BCUT2D eigenvalue weighted by Crippen LogP contribution is -2.41. The molecule has 0 saturated heterocycles. The van der Waals surface area contributed by atoms with Crippen molar-refractivity contribution in [2.75, 3.05) is 25.5 Å². The molecule has 1 heterocycles. The highest BCUT2D eigenvalue weighted by molar-refractivity contribution is 6.30. The molecule has 2 aromatic rings. The second-order valence-corrected chi connectivity index (χ2v) is 7.29. The van der Waals surface area contributed by atoms with Crippen LogP contribution in [0.25, 0.3) is 0 Å². The van der Waals surface area contributed by atoms with E-state index in [1.54, 1.807) is 63.9 Å². The number of aromatic amines is 1. The molecule has 156 valence electrons. The van der Waals surface area contributed by atoms with Crippen molar-refractivity contribution in [2.45, 2.75) is 33.7 Å². The molecule has 0 aliphatic rings. The van der Waals surface area contributed by atoms with Crippen LogP contribution in [0.3, 0.4) is 0 Å². The Morgan fingerprint density at radius 3 is 2.41 bits per heavy atom. The summed E-state index contributed by atoms with van der Waals surface area (Å²) in [5.41, 5.74) is 2.49. The number of nitrogens with one attached hydrogen (secondary N) is 2. The van der Waals surface area contributed by atoms with Crippen molar-refractivity contribution >= 4 is 34.9 Å². The quantitative estimate of drug-likeness (QED) is 0.503. The summed E-state index contributed by atoms with van der Waals surface area (Å²) in [6, 6.07) is 6.21. The van der Waals surface area contributed by atoms with Gasteiger partial charge >= 0.3 is 5.97 Å². The number of carbonyl (C=O) groups is 3. The molecule has 1 atom stereocenters. The first-order valence-corrected chi connectivity index (χ1v) is 9.69. The van der Waals surface area contributed by atoms with Gasteiger partial charge in [-0.1, -0.05) is 11.6 Å². The van der Waals surface area contributed by atoms with Crippen LogP contribution in [-0.4, -0.2) is 53.8 Å². The van der Waals surface area contributed by atoms with E-state index in [-0.39, 0.29) is 24.8 Å². The zero-order valence-corrected chi connectivity index (χ0v) is 18.0. The maximum Gasteiger partial charge on any atom is 0.340 e. The summed E-state index contributed by atoms with van der Waals surface area (Å²) >= 11 is 5.84. The van der Waals surface area contributed by atoms with Crippen LogP contribution in [0.4, 0.5) is 5.69 Å². The number of aryl methyl sites for hydroxylation is 1. The lowest BCUT2D eigenvalue weighted by molar-refractivity contribution is -0.117. The van der Waals surface area contributed by atoms with Crippen LogP contribution in [0.2, 0.25) is 5.02 Å². The van der Waals surface area contributed by atoms with Crippen LogP contribution >= 0.6 is 11.6 Å². The molecule has 2 N–H and O–H groups in total. The highest BCUT2D eigenvalue weighted by Gasteiger charge is 2.28. The van der Waals surface area contributed by atoms with Crippen molar-refractivity contribution in [2.24, 2.45) is 0 Å². The number of rotatable bonds is 8. The van der Waals surface area contributed by atoms with E-state index >= 15 is 0 Å². The number of hydrogen-bond acceptors (Lipinski definition) is 5. The Labute approximate surface area is 175 Å². The highest BCUT2D eigenvalue weighted by Crippen LogP contribution is 2.21. The van der Waals surface area contributed by atoms with Gasteiger partial charge in [0.25, 0.3) is 0 Å². The van der Waals surface area contributed by atoms with Crippen molar-refractivity contribution in [3.63, 3.8) is 0 Å². The summed E-state index contributed by atoms with van der Waals surface area (Å²) in [5.74, 6) is -0.912. The van der Waals surface area contributed by atoms with E-state index in [9.17, 15) is 14.4 Å². The minimum absolute atomic E-state index is 0.0268. The van der Waals surface area contributed by atoms with Crippen LogP contribution in [0.15, 0.2) is 24.3 Å². The fraction of sp³-hybridized carbons (Fsp3) is 0.381. The molecule has 1 aromatic carbocycles. The molecule has 7 nitrogen and oxygen atoms in total. The molecule has 0 unspecified atom stereocenters. The normalized spacial score (nSPS) is 12.0. The molecule has 29 heavy (non-hydrogen) atoms. The third kappa shape index (κ3) is 5.46. The zero-order chi connectivity index (χ0) is 21.7. The summed E-state index contributed by atoms with van der Waals surface area (Å²) in [4.78, 5) is 42.0. The summed E-state index contributed by atoms with van der Waals surface area (Å²) in [6.07, 6.45) is 0. The van der Waals surface area contributed by atoms with E-state index in [2.05, 4.69) is 10.3 Å². The predicted octanol–water partition coefficient (Wildman–Crippen LogP) is 3.60. The number of aromatic nitrogens is 1. The molecule has 0 aliphatic carbocycles. The Hall–Kier alpha value is -2.64. The largest absolute Gasteiger partial charge is 0.462 e. The van der Waals surface area contributed by atoms with E-state index in [1.165, 1.54) is 0 Å². The van der Waals surface area contributed by atoms with E-state index in [0.717, 1.165) is 0 Å². The SMILES string of the molecule is CCOC(=O)c1c(C)[nH]c(C(=O)[C@@H](C)N(C)CC(=O)Nc2ccc(Cl)cc2)c1C. The Morgan fingerprint density at radius 2 is 1.83 bits per heavy atom. The number of likely N-dealkylation sites (N-methyl/N-ethyl adjacent to an activating group) is 1. The lowest BCUT2D eigenvalue weighted by atomic mass is 10.0. The highest BCUT2D eigenvalue weighted by atomic mass is 35.5. The van der Waals surface area contributed by atoms with Gasteiger partial charge in [-0.25, -0.2) is 4.79 Å². The minimum atomic E-state index is -0.572. The van der Waals surface area contributed by atoms with Gasteiger partial charge in [0, 0.05) is 16.4 Å². The van der Waals surface area contributed by atoms with Crippen molar-refractivity contribution in [1.29, 1.82) is 0 Å². The van der Waals surface area contributed by atoms with Crippen LogP contribution in [0, 0.1) is 13.8 Å². The van der Waals surface area contributed by atoms with Gasteiger partial charge in [0.05, 0.1) is 30.5 Å². The van der Waals surface area contributed by atoms with E-state index in [4.69, 9.17) is 16.3 Å². The second-order valence-electron chi connectivity index (χ2n) is 6.86. The van der Waals surface area contributed by atoms with Gasteiger partial charge in [0.2, 0.25) is 5.91 Å². The smallest absolute Gasteiger partial charge is 0.340 e. The maximum absolute atomic E-state index is 13.0. The molecule has 0 fully saturated rings. The lowest BCUT2D eigenvalue weighted by Gasteiger charge is -2.23. The number of ether oxygens (including phenoxy) is 1. The summed E-state index contributed by atoms with van der Waals surface area (Å²) in [5, 5.41) is 3.35. The zero-order valence-electron chi connectivity index (χ0n) is 17.3. The number of halogens is 1. The standard InChI is InChI=1S/C21H26ClN3O4/c1-6-29-21(28)18-12(2)19(23-13(18)3)20(27)14(4)25(5)11-17(26)24-16-9-7-15(22)8-10-16/h7-10,14,23H,6,11H2,1-5H3,(H,24,26)/t14-/m1/s1. The fourth-order valence-corrected chi connectivity index (χ4v) is 3.14. The number of Topliss-reactive ketones (excluding diaryl/α,β-unsaturated/α-hetero) is 1. The Kier molecular flexibility index (Phi) is 7.59. The molecule has 0 aliphatic heterocycles. The Morgan fingerprint density at radius 1 is 1.21 bits per heavy atom. The number of H-pyrrole nitrogens is 1. The van der Waals surface area contributed by atoms with Gasteiger partial charge in [0.15, 0.2) is 5.78 Å². The number of anilines is 1. The third-order valence-electron chi connectivity index (χ3n) is 4.73. The number of amides is 1. The first-order chi connectivity index (χ1) is 13.6. The number of esters is 1. The van der Waals surface area contributed by atoms with Crippen LogP contribution in [0.5, 0.6) is 0 Å². The number of nitrogens with zero attached hydrogens (tertiary/aromatic N) is 1. The summed E-state index contributed by atoms with van der Waals surface area (Å²) in [7, 11) is 1.70.